The van der Waals surface area contributed by atoms with Gasteiger partial charge in [0.05, 0.1) is 6.20 Å². The van der Waals surface area contributed by atoms with Crippen molar-refractivity contribution in [3.05, 3.63) is 59.4 Å². The van der Waals surface area contributed by atoms with Gasteiger partial charge >= 0.3 is 5.97 Å². The summed E-state index contributed by atoms with van der Waals surface area (Å²) in [7, 11) is 0. The summed E-state index contributed by atoms with van der Waals surface area (Å²) >= 11 is 0. The number of aromatic carboxylic acids is 1. The van der Waals surface area contributed by atoms with E-state index < -0.39 is 5.97 Å². The van der Waals surface area contributed by atoms with E-state index in [9.17, 15) is 4.79 Å². The number of rotatable bonds is 5. The zero-order valence-electron chi connectivity index (χ0n) is 11.5. The van der Waals surface area contributed by atoms with Gasteiger partial charge in [-0.1, -0.05) is 38.1 Å². The standard InChI is InChI=1S/C16H17NO3/c1-11(2)13-5-3-12(4-6-13)10-20-14-7-8-15(16(18)19)17-9-14/h3-9,11H,10H2,1-2H3,(H,18,19). The fourth-order valence-corrected chi connectivity index (χ4v) is 1.76. The van der Waals surface area contributed by atoms with Crippen LogP contribution in [0.15, 0.2) is 42.6 Å². The molecule has 0 aliphatic rings. The number of hydrogen-bond acceptors (Lipinski definition) is 3. The van der Waals surface area contributed by atoms with Crippen molar-refractivity contribution >= 4 is 5.97 Å². The molecule has 2 rings (SSSR count). The second-order valence-electron chi connectivity index (χ2n) is 4.87. The molecule has 0 spiro atoms. The first-order valence-corrected chi connectivity index (χ1v) is 6.47. The zero-order chi connectivity index (χ0) is 14.5. The Hall–Kier alpha value is -2.36. The number of nitrogens with zero attached hydrogens (tertiary/aromatic N) is 1. The van der Waals surface area contributed by atoms with Gasteiger partial charge in [-0.25, -0.2) is 9.78 Å². The molecule has 0 unspecified atom stereocenters. The van der Waals surface area contributed by atoms with Gasteiger partial charge in [0.2, 0.25) is 0 Å². The normalized spacial score (nSPS) is 10.6. The molecule has 0 atom stereocenters. The Morgan fingerprint density at radius 1 is 1.20 bits per heavy atom. The van der Waals surface area contributed by atoms with E-state index in [0.29, 0.717) is 18.3 Å². The van der Waals surface area contributed by atoms with Crippen LogP contribution in [0.5, 0.6) is 5.75 Å². The third kappa shape index (κ3) is 3.57. The van der Waals surface area contributed by atoms with Crippen molar-refractivity contribution in [2.45, 2.75) is 26.4 Å². The van der Waals surface area contributed by atoms with Crippen LogP contribution in [-0.4, -0.2) is 16.1 Å². The largest absolute Gasteiger partial charge is 0.487 e. The Morgan fingerprint density at radius 3 is 2.40 bits per heavy atom. The summed E-state index contributed by atoms with van der Waals surface area (Å²) < 4.78 is 5.57. The number of benzene rings is 1. The first kappa shape index (κ1) is 14.1. The Labute approximate surface area is 118 Å². The maximum atomic E-state index is 10.7. The van der Waals surface area contributed by atoms with E-state index >= 15 is 0 Å². The molecular formula is C16H17NO3. The monoisotopic (exact) mass is 271 g/mol. The van der Waals surface area contributed by atoms with Gasteiger partial charge in [-0.05, 0) is 29.2 Å². The van der Waals surface area contributed by atoms with E-state index in [1.165, 1.54) is 17.8 Å². The van der Waals surface area contributed by atoms with Crippen LogP contribution >= 0.6 is 0 Å². The van der Waals surface area contributed by atoms with E-state index in [1.807, 2.05) is 12.1 Å². The van der Waals surface area contributed by atoms with Crippen LogP contribution in [0.1, 0.15) is 41.4 Å². The van der Waals surface area contributed by atoms with E-state index in [2.05, 4.69) is 31.0 Å². The number of pyridine rings is 1. The summed E-state index contributed by atoms with van der Waals surface area (Å²) in [5.41, 5.74) is 2.37. The Bertz CT molecular complexity index is 574. The zero-order valence-corrected chi connectivity index (χ0v) is 11.5. The quantitative estimate of drug-likeness (QED) is 0.904. The Morgan fingerprint density at radius 2 is 1.90 bits per heavy atom. The van der Waals surface area contributed by atoms with Crippen LogP contribution in [0, 0.1) is 0 Å². The lowest BCUT2D eigenvalue weighted by Gasteiger charge is -2.08. The molecule has 0 saturated carbocycles. The molecule has 1 N–H and O–H groups in total. The first-order valence-electron chi connectivity index (χ1n) is 6.47. The van der Waals surface area contributed by atoms with Crippen molar-refractivity contribution in [2.75, 3.05) is 0 Å². The van der Waals surface area contributed by atoms with Crippen molar-refractivity contribution < 1.29 is 14.6 Å². The van der Waals surface area contributed by atoms with E-state index in [4.69, 9.17) is 9.84 Å². The molecule has 0 bridgehead atoms. The second kappa shape index (κ2) is 6.19. The fraction of sp³-hybridized carbons (Fsp3) is 0.250. The maximum absolute atomic E-state index is 10.7. The molecule has 104 valence electrons. The molecular weight excluding hydrogens is 254 g/mol. The molecule has 20 heavy (non-hydrogen) atoms. The van der Waals surface area contributed by atoms with Gasteiger partial charge in [-0.2, -0.15) is 0 Å². The average molecular weight is 271 g/mol. The van der Waals surface area contributed by atoms with E-state index in [-0.39, 0.29) is 5.69 Å². The molecule has 2 aromatic rings. The van der Waals surface area contributed by atoms with Crippen LogP contribution in [-0.2, 0) is 6.61 Å². The highest BCUT2D eigenvalue weighted by Crippen LogP contribution is 2.16. The van der Waals surface area contributed by atoms with Gasteiger partial charge in [0.15, 0.2) is 0 Å². The number of hydrogen-bond donors (Lipinski definition) is 1. The first-order chi connectivity index (χ1) is 9.56. The van der Waals surface area contributed by atoms with E-state index in [1.54, 1.807) is 6.07 Å². The van der Waals surface area contributed by atoms with Crippen molar-refractivity contribution in [1.82, 2.24) is 4.98 Å². The topological polar surface area (TPSA) is 59.4 Å². The van der Waals surface area contributed by atoms with Crippen molar-refractivity contribution in [3.8, 4) is 5.75 Å². The predicted octanol–water partition coefficient (Wildman–Crippen LogP) is 3.48. The molecule has 0 aliphatic carbocycles. The number of ether oxygens (including phenoxy) is 1. The number of carboxylic acid groups (broad SMARTS) is 1. The van der Waals surface area contributed by atoms with Gasteiger partial charge in [0, 0.05) is 0 Å². The van der Waals surface area contributed by atoms with Crippen LogP contribution in [0.25, 0.3) is 0 Å². The summed E-state index contributed by atoms with van der Waals surface area (Å²) in [5, 5.41) is 8.75. The molecule has 0 saturated heterocycles. The highest BCUT2D eigenvalue weighted by Gasteiger charge is 2.04. The number of carboxylic acids is 1. The molecule has 0 amide bonds. The SMILES string of the molecule is CC(C)c1ccc(COc2ccc(C(=O)O)nc2)cc1. The van der Waals surface area contributed by atoms with Crippen molar-refractivity contribution in [3.63, 3.8) is 0 Å². The third-order valence-corrected chi connectivity index (χ3v) is 3.01. The number of carbonyl (C=O) groups is 1. The van der Waals surface area contributed by atoms with Crippen molar-refractivity contribution in [1.29, 1.82) is 0 Å². The Kier molecular flexibility index (Phi) is 4.35. The molecule has 4 heteroatoms. The second-order valence-corrected chi connectivity index (χ2v) is 4.87. The van der Waals surface area contributed by atoms with Crippen LogP contribution in [0.3, 0.4) is 0 Å². The van der Waals surface area contributed by atoms with E-state index in [0.717, 1.165) is 5.56 Å². The van der Waals surface area contributed by atoms with Crippen molar-refractivity contribution in [2.24, 2.45) is 0 Å². The van der Waals surface area contributed by atoms with Gasteiger partial charge in [0.1, 0.15) is 18.1 Å². The minimum absolute atomic E-state index is 0.0126. The van der Waals surface area contributed by atoms with Crippen LogP contribution in [0.4, 0.5) is 0 Å². The van der Waals surface area contributed by atoms with Crippen LogP contribution in [0.2, 0.25) is 0 Å². The average Bonchev–Trinajstić information content (AvgIpc) is 2.46. The summed E-state index contributed by atoms with van der Waals surface area (Å²) in [6, 6.07) is 11.3. The molecule has 0 fully saturated rings. The van der Waals surface area contributed by atoms with Gasteiger partial charge < -0.3 is 9.84 Å². The molecule has 4 nitrogen and oxygen atoms in total. The van der Waals surface area contributed by atoms with Gasteiger partial charge in [-0.3, -0.25) is 0 Å². The molecule has 0 radical (unpaired) electrons. The summed E-state index contributed by atoms with van der Waals surface area (Å²) in [5.74, 6) is 0.0292. The minimum Gasteiger partial charge on any atom is -0.487 e. The lowest BCUT2D eigenvalue weighted by Crippen LogP contribution is -2.01. The third-order valence-electron chi connectivity index (χ3n) is 3.01. The molecule has 1 aromatic carbocycles. The highest BCUT2D eigenvalue weighted by molar-refractivity contribution is 5.85. The lowest BCUT2D eigenvalue weighted by atomic mass is 10.0. The minimum atomic E-state index is -1.04. The van der Waals surface area contributed by atoms with Crippen LogP contribution < -0.4 is 4.74 Å². The maximum Gasteiger partial charge on any atom is 0.354 e. The summed E-state index contributed by atoms with van der Waals surface area (Å²) in [4.78, 5) is 14.5. The Balaban J connectivity index is 1.96. The summed E-state index contributed by atoms with van der Waals surface area (Å²) in [6.45, 7) is 4.74. The summed E-state index contributed by atoms with van der Waals surface area (Å²) in [6.07, 6.45) is 1.42. The highest BCUT2D eigenvalue weighted by atomic mass is 16.5. The smallest absolute Gasteiger partial charge is 0.354 e. The molecule has 1 heterocycles. The van der Waals surface area contributed by atoms with Gasteiger partial charge in [0.25, 0.3) is 0 Å². The lowest BCUT2D eigenvalue weighted by molar-refractivity contribution is 0.0690. The number of aromatic nitrogens is 1. The molecule has 1 aromatic heterocycles. The molecule has 0 aliphatic heterocycles. The fourth-order valence-electron chi connectivity index (χ4n) is 1.76. The predicted molar refractivity (Wildman–Crippen MR) is 76.1 cm³/mol. The van der Waals surface area contributed by atoms with Gasteiger partial charge in [-0.15, -0.1) is 0 Å².